The van der Waals surface area contributed by atoms with Gasteiger partial charge in [0.2, 0.25) is 0 Å². The molecule has 0 rings (SSSR count). The highest BCUT2D eigenvalue weighted by atomic mass is 14.6. The quantitative estimate of drug-likeness (QED) is 0.415. The monoisotopic (exact) mass is 135 g/mol. The van der Waals surface area contributed by atoms with Gasteiger partial charge in [0.1, 0.15) is 0 Å². The number of hydrogen-bond acceptors (Lipinski definition) is 1. The lowest BCUT2D eigenvalue weighted by atomic mass is 10.2. The van der Waals surface area contributed by atoms with E-state index in [0.29, 0.717) is 0 Å². The molecule has 1 heteroatoms. The molecule has 0 N–H and O–H groups in total. The molecule has 0 bridgehead atoms. The standard InChI is InChI=1S/C9H13N/c1-4-6-7-9(5-2)8-10-3/h5-8H,2-4H2,1H3/b7-6+,9-8+. The predicted molar refractivity (Wildman–Crippen MR) is 47.3 cm³/mol. The molecule has 0 aromatic heterocycles. The van der Waals surface area contributed by atoms with Crippen LogP contribution < -0.4 is 0 Å². The molecule has 54 valence electrons. The first kappa shape index (κ1) is 8.89. The Balaban J connectivity index is 4.07. The van der Waals surface area contributed by atoms with Crippen molar-refractivity contribution in [1.29, 1.82) is 0 Å². The second kappa shape index (κ2) is 6.02. The molecule has 0 amide bonds. The van der Waals surface area contributed by atoms with E-state index >= 15 is 0 Å². The first-order chi connectivity index (χ1) is 4.85. The summed E-state index contributed by atoms with van der Waals surface area (Å²) in [6, 6.07) is 0. The van der Waals surface area contributed by atoms with E-state index in [9.17, 15) is 0 Å². The summed E-state index contributed by atoms with van der Waals surface area (Å²) >= 11 is 0. The molecule has 0 aliphatic rings. The Hall–Kier alpha value is -1.11. The molecule has 0 heterocycles. The summed E-state index contributed by atoms with van der Waals surface area (Å²) in [5.41, 5.74) is 0.997. The molecule has 0 atom stereocenters. The zero-order valence-electron chi connectivity index (χ0n) is 6.38. The minimum Gasteiger partial charge on any atom is -0.272 e. The fraction of sp³-hybridized carbons (Fsp3) is 0.222. The van der Waals surface area contributed by atoms with E-state index in [1.165, 1.54) is 0 Å². The van der Waals surface area contributed by atoms with Crippen molar-refractivity contribution < 1.29 is 0 Å². The Kier molecular flexibility index (Phi) is 5.35. The molecule has 0 radical (unpaired) electrons. The molecule has 0 aliphatic carbocycles. The van der Waals surface area contributed by atoms with Gasteiger partial charge in [-0.05, 0) is 18.7 Å². The summed E-state index contributed by atoms with van der Waals surface area (Å²) in [4.78, 5) is 3.63. The van der Waals surface area contributed by atoms with Crippen LogP contribution in [0.3, 0.4) is 0 Å². The smallest absolute Gasteiger partial charge is 0.0332 e. The molecular formula is C9H13N. The first-order valence-electron chi connectivity index (χ1n) is 3.30. The zero-order chi connectivity index (χ0) is 7.82. The van der Waals surface area contributed by atoms with Crippen molar-refractivity contribution in [1.82, 2.24) is 0 Å². The van der Waals surface area contributed by atoms with E-state index in [-0.39, 0.29) is 0 Å². The third kappa shape index (κ3) is 3.84. The van der Waals surface area contributed by atoms with Crippen molar-refractivity contribution >= 4 is 6.72 Å². The van der Waals surface area contributed by atoms with Gasteiger partial charge in [0.25, 0.3) is 0 Å². The van der Waals surface area contributed by atoms with Crippen molar-refractivity contribution in [3.63, 3.8) is 0 Å². The number of nitrogens with zero attached hydrogens (tertiary/aromatic N) is 1. The Morgan fingerprint density at radius 3 is 2.70 bits per heavy atom. The molecule has 0 spiro atoms. The van der Waals surface area contributed by atoms with Crippen molar-refractivity contribution in [3.8, 4) is 0 Å². The zero-order valence-corrected chi connectivity index (χ0v) is 6.38. The number of rotatable bonds is 4. The Morgan fingerprint density at radius 2 is 2.30 bits per heavy atom. The lowest BCUT2D eigenvalue weighted by Gasteiger charge is -1.87. The molecule has 0 fully saturated rings. The maximum atomic E-state index is 3.63. The second-order valence-corrected chi connectivity index (χ2v) is 1.83. The Bertz CT molecular complexity index is 164. The molecule has 10 heavy (non-hydrogen) atoms. The summed E-state index contributed by atoms with van der Waals surface area (Å²) < 4.78 is 0. The van der Waals surface area contributed by atoms with E-state index < -0.39 is 0 Å². The van der Waals surface area contributed by atoms with Crippen LogP contribution in [-0.4, -0.2) is 6.72 Å². The minimum absolute atomic E-state index is 0.997. The minimum atomic E-state index is 0.997. The van der Waals surface area contributed by atoms with Crippen molar-refractivity contribution in [2.45, 2.75) is 13.3 Å². The van der Waals surface area contributed by atoms with Crippen LogP contribution >= 0.6 is 0 Å². The first-order valence-corrected chi connectivity index (χ1v) is 3.30. The van der Waals surface area contributed by atoms with Gasteiger partial charge in [0.05, 0.1) is 0 Å². The van der Waals surface area contributed by atoms with Gasteiger partial charge in [-0.3, -0.25) is 4.99 Å². The predicted octanol–water partition coefficient (Wildman–Crippen LogP) is 2.72. The summed E-state index contributed by atoms with van der Waals surface area (Å²) in [6.45, 7) is 9.06. The Morgan fingerprint density at radius 1 is 1.60 bits per heavy atom. The average molecular weight is 135 g/mol. The molecule has 0 unspecified atom stereocenters. The largest absolute Gasteiger partial charge is 0.272 e. The third-order valence-electron chi connectivity index (χ3n) is 1.02. The molecule has 1 nitrogen and oxygen atoms in total. The van der Waals surface area contributed by atoms with Gasteiger partial charge in [-0.2, -0.15) is 0 Å². The maximum absolute atomic E-state index is 3.63. The summed E-state index contributed by atoms with van der Waals surface area (Å²) in [5, 5.41) is 0. The summed E-state index contributed by atoms with van der Waals surface area (Å²) in [5.74, 6) is 0. The van der Waals surface area contributed by atoms with Crippen LogP contribution in [0.4, 0.5) is 0 Å². The van der Waals surface area contributed by atoms with Crippen LogP contribution in [0.2, 0.25) is 0 Å². The van der Waals surface area contributed by atoms with E-state index in [1.54, 1.807) is 12.3 Å². The number of aliphatic imine (C=N–C) groups is 1. The van der Waals surface area contributed by atoms with Gasteiger partial charge in [-0.25, -0.2) is 0 Å². The molecule has 0 aromatic carbocycles. The third-order valence-corrected chi connectivity index (χ3v) is 1.02. The van der Waals surface area contributed by atoms with E-state index in [1.807, 2.05) is 6.08 Å². The van der Waals surface area contributed by atoms with E-state index in [2.05, 4.69) is 31.3 Å². The molecule has 0 aromatic rings. The highest BCUT2D eigenvalue weighted by Crippen LogP contribution is 1.98. The average Bonchev–Trinajstić information content (AvgIpc) is 1.98. The normalized spacial score (nSPS) is 11.9. The van der Waals surface area contributed by atoms with Crippen LogP contribution in [0, 0.1) is 0 Å². The number of hydrogen-bond donors (Lipinski definition) is 0. The van der Waals surface area contributed by atoms with Crippen LogP contribution in [0.15, 0.2) is 41.6 Å². The summed E-state index contributed by atoms with van der Waals surface area (Å²) in [6.07, 6.45) is 8.49. The van der Waals surface area contributed by atoms with Gasteiger partial charge < -0.3 is 0 Å². The van der Waals surface area contributed by atoms with Crippen molar-refractivity contribution in [2.75, 3.05) is 0 Å². The van der Waals surface area contributed by atoms with Gasteiger partial charge in [0, 0.05) is 6.20 Å². The fourth-order valence-corrected chi connectivity index (χ4v) is 0.523. The van der Waals surface area contributed by atoms with Crippen LogP contribution in [-0.2, 0) is 0 Å². The van der Waals surface area contributed by atoms with Crippen molar-refractivity contribution in [3.05, 3.63) is 36.6 Å². The lowest BCUT2D eigenvalue weighted by Crippen LogP contribution is -1.67. The molecule has 0 saturated heterocycles. The second-order valence-electron chi connectivity index (χ2n) is 1.83. The topological polar surface area (TPSA) is 12.4 Å². The fourth-order valence-electron chi connectivity index (χ4n) is 0.523. The molecule has 0 aliphatic heterocycles. The van der Waals surface area contributed by atoms with Gasteiger partial charge >= 0.3 is 0 Å². The maximum Gasteiger partial charge on any atom is 0.0332 e. The molecular weight excluding hydrogens is 122 g/mol. The van der Waals surface area contributed by atoms with Gasteiger partial charge in [-0.15, -0.1) is 0 Å². The highest BCUT2D eigenvalue weighted by molar-refractivity contribution is 5.33. The van der Waals surface area contributed by atoms with Crippen LogP contribution in [0.1, 0.15) is 13.3 Å². The van der Waals surface area contributed by atoms with E-state index in [4.69, 9.17) is 0 Å². The van der Waals surface area contributed by atoms with Gasteiger partial charge in [-0.1, -0.05) is 31.7 Å². The summed E-state index contributed by atoms with van der Waals surface area (Å²) in [7, 11) is 0. The van der Waals surface area contributed by atoms with Crippen molar-refractivity contribution in [2.24, 2.45) is 4.99 Å². The number of allylic oxidation sites excluding steroid dienone is 4. The molecule has 0 saturated carbocycles. The van der Waals surface area contributed by atoms with Gasteiger partial charge in [0.15, 0.2) is 0 Å². The van der Waals surface area contributed by atoms with Crippen LogP contribution in [0.5, 0.6) is 0 Å². The van der Waals surface area contributed by atoms with E-state index in [0.717, 1.165) is 12.0 Å². The Labute approximate surface area is 62.5 Å². The SMILES string of the molecule is C=CC(/C=C/CC)=C\N=C. The lowest BCUT2D eigenvalue weighted by molar-refractivity contribution is 1.22. The highest BCUT2D eigenvalue weighted by Gasteiger charge is 1.78. The van der Waals surface area contributed by atoms with Crippen LogP contribution in [0.25, 0.3) is 0 Å².